The van der Waals surface area contributed by atoms with E-state index in [0.717, 1.165) is 16.3 Å². The topological polar surface area (TPSA) is 43.4 Å². The lowest BCUT2D eigenvalue weighted by atomic mass is 10.0. The summed E-state index contributed by atoms with van der Waals surface area (Å²) in [5, 5.41) is 3.40. The van der Waals surface area contributed by atoms with Crippen LogP contribution in [0.1, 0.15) is 5.56 Å². The summed E-state index contributed by atoms with van der Waals surface area (Å²) in [4.78, 5) is 0.117. The standard InChI is InChI=1S/C21H15ClO3S/c1-14-10-12-15(13-11-14)26(23,24)25-21-18-8-4-2-6-16(18)20(22)17-7-3-5-9-19(17)21/h2-13H,1H3. The highest BCUT2D eigenvalue weighted by Gasteiger charge is 2.21. The van der Waals surface area contributed by atoms with Crippen LogP contribution >= 0.6 is 11.6 Å². The van der Waals surface area contributed by atoms with E-state index >= 15 is 0 Å². The van der Waals surface area contributed by atoms with Gasteiger partial charge in [0, 0.05) is 21.5 Å². The first kappa shape index (κ1) is 16.9. The molecule has 0 fully saturated rings. The number of hydrogen-bond donors (Lipinski definition) is 0. The molecule has 0 heterocycles. The van der Waals surface area contributed by atoms with Gasteiger partial charge in [-0.05, 0) is 19.1 Å². The van der Waals surface area contributed by atoms with E-state index in [1.807, 2.05) is 55.5 Å². The van der Waals surface area contributed by atoms with E-state index in [4.69, 9.17) is 15.8 Å². The van der Waals surface area contributed by atoms with E-state index in [1.54, 1.807) is 24.3 Å². The van der Waals surface area contributed by atoms with Crippen LogP contribution in [-0.2, 0) is 10.1 Å². The number of aryl methyl sites for hydroxylation is 1. The summed E-state index contributed by atoms with van der Waals surface area (Å²) in [5.74, 6) is 0.293. The Morgan fingerprint density at radius 2 is 1.19 bits per heavy atom. The number of fused-ring (bicyclic) bond motifs is 2. The van der Waals surface area contributed by atoms with Crippen molar-refractivity contribution in [2.24, 2.45) is 0 Å². The highest BCUT2D eigenvalue weighted by atomic mass is 35.5. The Balaban J connectivity index is 1.98. The zero-order valence-corrected chi connectivity index (χ0v) is 15.5. The van der Waals surface area contributed by atoms with E-state index in [-0.39, 0.29) is 4.90 Å². The molecule has 0 atom stereocenters. The molecule has 0 amide bonds. The molecule has 0 N–H and O–H groups in total. The molecule has 5 heteroatoms. The predicted molar refractivity (Wildman–Crippen MR) is 105 cm³/mol. The highest BCUT2D eigenvalue weighted by Crippen LogP contribution is 2.41. The third-order valence-corrected chi connectivity index (χ3v) is 5.96. The van der Waals surface area contributed by atoms with Crippen LogP contribution in [0.3, 0.4) is 0 Å². The monoisotopic (exact) mass is 382 g/mol. The Morgan fingerprint density at radius 3 is 1.69 bits per heavy atom. The van der Waals surface area contributed by atoms with E-state index in [9.17, 15) is 8.42 Å². The van der Waals surface area contributed by atoms with Crippen LogP contribution in [0.5, 0.6) is 5.75 Å². The lowest BCUT2D eigenvalue weighted by molar-refractivity contribution is 0.491. The molecule has 4 aromatic carbocycles. The van der Waals surface area contributed by atoms with Gasteiger partial charge in [0.1, 0.15) is 4.90 Å². The van der Waals surface area contributed by atoms with Crippen molar-refractivity contribution in [3.05, 3.63) is 83.4 Å². The SMILES string of the molecule is Cc1ccc(S(=O)(=O)Oc2c3ccccc3c(Cl)c3ccccc23)cc1. The summed E-state index contributed by atoms with van der Waals surface area (Å²) in [5.41, 5.74) is 0.978. The zero-order chi connectivity index (χ0) is 18.3. The van der Waals surface area contributed by atoms with Gasteiger partial charge in [-0.3, -0.25) is 0 Å². The first-order valence-electron chi connectivity index (χ1n) is 8.07. The Hall–Kier alpha value is -2.56. The summed E-state index contributed by atoms with van der Waals surface area (Å²) in [6.07, 6.45) is 0. The maximum absolute atomic E-state index is 12.8. The van der Waals surface area contributed by atoms with Crippen molar-refractivity contribution in [1.82, 2.24) is 0 Å². The number of rotatable bonds is 3. The van der Waals surface area contributed by atoms with Gasteiger partial charge in [-0.15, -0.1) is 0 Å². The van der Waals surface area contributed by atoms with Gasteiger partial charge in [-0.1, -0.05) is 77.8 Å². The van der Waals surface area contributed by atoms with Crippen LogP contribution in [0.15, 0.2) is 77.7 Å². The molecule has 0 spiro atoms. The van der Waals surface area contributed by atoms with E-state index in [1.165, 1.54) is 0 Å². The number of hydrogen-bond acceptors (Lipinski definition) is 3. The molecule has 26 heavy (non-hydrogen) atoms. The third kappa shape index (κ3) is 2.81. The first-order chi connectivity index (χ1) is 12.5. The Morgan fingerprint density at radius 1 is 0.731 bits per heavy atom. The maximum Gasteiger partial charge on any atom is 0.339 e. The van der Waals surface area contributed by atoms with Crippen molar-refractivity contribution in [2.75, 3.05) is 0 Å². The molecule has 0 saturated heterocycles. The predicted octanol–water partition coefficient (Wildman–Crippen LogP) is 5.72. The molecular weight excluding hydrogens is 368 g/mol. The van der Waals surface area contributed by atoms with Crippen molar-refractivity contribution in [2.45, 2.75) is 11.8 Å². The molecule has 130 valence electrons. The average Bonchev–Trinajstić information content (AvgIpc) is 2.65. The second kappa shape index (κ2) is 6.31. The van der Waals surface area contributed by atoms with Crippen molar-refractivity contribution in [3.8, 4) is 5.75 Å². The average molecular weight is 383 g/mol. The van der Waals surface area contributed by atoms with Gasteiger partial charge in [-0.25, -0.2) is 0 Å². The summed E-state index contributed by atoms with van der Waals surface area (Å²) in [6, 6.07) is 21.3. The minimum absolute atomic E-state index is 0.117. The van der Waals surface area contributed by atoms with Crippen molar-refractivity contribution >= 4 is 43.3 Å². The van der Waals surface area contributed by atoms with E-state index in [2.05, 4.69) is 0 Å². The van der Waals surface area contributed by atoms with E-state index < -0.39 is 10.1 Å². The molecule has 4 aromatic rings. The summed E-state index contributed by atoms with van der Waals surface area (Å²) >= 11 is 6.55. The highest BCUT2D eigenvalue weighted by molar-refractivity contribution is 7.87. The fourth-order valence-electron chi connectivity index (χ4n) is 2.99. The fraction of sp³-hybridized carbons (Fsp3) is 0.0476. The first-order valence-corrected chi connectivity index (χ1v) is 9.86. The molecule has 3 nitrogen and oxygen atoms in total. The minimum Gasteiger partial charge on any atom is -0.378 e. The van der Waals surface area contributed by atoms with Crippen LogP contribution in [0.25, 0.3) is 21.5 Å². The van der Waals surface area contributed by atoms with Crippen LogP contribution in [0.2, 0.25) is 5.02 Å². The number of halogens is 1. The van der Waals surface area contributed by atoms with E-state index in [0.29, 0.717) is 21.5 Å². The van der Waals surface area contributed by atoms with Gasteiger partial charge >= 0.3 is 10.1 Å². The molecule has 0 radical (unpaired) electrons. The molecule has 0 bridgehead atoms. The Labute approximate surface area is 156 Å². The lowest BCUT2D eigenvalue weighted by Gasteiger charge is -2.14. The molecular formula is C21H15ClO3S. The normalized spacial score (nSPS) is 11.8. The summed E-state index contributed by atoms with van der Waals surface area (Å²) < 4.78 is 31.3. The quantitative estimate of drug-likeness (QED) is 0.336. The van der Waals surface area contributed by atoms with Gasteiger partial charge in [0.25, 0.3) is 0 Å². The zero-order valence-electron chi connectivity index (χ0n) is 13.9. The van der Waals surface area contributed by atoms with Crippen LogP contribution in [-0.4, -0.2) is 8.42 Å². The lowest BCUT2D eigenvalue weighted by Crippen LogP contribution is -2.10. The van der Waals surface area contributed by atoms with Gasteiger partial charge in [0.2, 0.25) is 0 Å². The van der Waals surface area contributed by atoms with Crippen LogP contribution < -0.4 is 4.18 Å². The van der Waals surface area contributed by atoms with Gasteiger partial charge < -0.3 is 4.18 Å². The van der Waals surface area contributed by atoms with Crippen molar-refractivity contribution in [3.63, 3.8) is 0 Å². The molecule has 0 aromatic heterocycles. The third-order valence-electron chi connectivity index (χ3n) is 4.32. The maximum atomic E-state index is 12.8. The molecule has 0 saturated carbocycles. The minimum atomic E-state index is -3.97. The van der Waals surface area contributed by atoms with Crippen molar-refractivity contribution in [1.29, 1.82) is 0 Å². The summed E-state index contributed by atoms with van der Waals surface area (Å²) in [7, 11) is -3.97. The Bertz CT molecular complexity index is 1170. The van der Waals surface area contributed by atoms with Crippen LogP contribution in [0, 0.1) is 6.92 Å². The van der Waals surface area contributed by atoms with Crippen molar-refractivity contribution < 1.29 is 12.6 Å². The molecule has 0 aliphatic carbocycles. The smallest absolute Gasteiger partial charge is 0.339 e. The molecule has 4 rings (SSSR count). The molecule has 0 unspecified atom stereocenters. The summed E-state index contributed by atoms with van der Waals surface area (Å²) in [6.45, 7) is 1.90. The number of benzene rings is 4. The van der Waals surface area contributed by atoms with Gasteiger partial charge in [0.05, 0.1) is 5.02 Å². The second-order valence-corrected chi connectivity index (χ2v) is 8.01. The molecule has 0 aliphatic heterocycles. The van der Waals surface area contributed by atoms with Gasteiger partial charge in [0.15, 0.2) is 5.75 Å². The Kier molecular flexibility index (Phi) is 4.10. The fourth-order valence-corrected chi connectivity index (χ4v) is 4.28. The largest absolute Gasteiger partial charge is 0.378 e. The molecule has 0 aliphatic rings. The van der Waals surface area contributed by atoms with Gasteiger partial charge in [-0.2, -0.15) is 8.42 Å². The second-order valence-electron chi connectivity index (χ2n) is 6.08. The van der Waals surface area contributed by atoms with Crippen LogP contribution in [0.4, 0.5) is 0 Å².